The van der Waals surface area contributed by atoms with E-state index in [-0.39, 0.29) is 5.91 Å². The van der Waals surface area contributed by atoms with E-state index in [2.05, 4.69) is 19.1 Å². The molecule has 2 heteroatoms. The molecule has 0 aromatic carbocycles. The van der Waals surface area contributed by atoms with Gasteiger partial charge in [0, 0.05) is 20.5 Å². The third kappa shape index (κ3) is 4.50. The monoisotopic (exact) mass is 209 g/mol. The largest absolute Gasteiger partial charge is 0.346 e. The maximum absolute atomic E-state index is 11.0. The SMILES string of the molecule is CC/C=C\CCC1CC1CN(C)C(C)=O. The zero-order valence-electron chi connectivity index (χ0n) is 10.2. The van der Waals surface area contributed by atoms with Gasteiger partial charge in [0.1, 0.15) is 0 Å². The smallest absolute Gasteiger partial charge is 0.219 e. The van der Waals surface area contributed by atoms with Gasteiger partial charge in [-0.2, -0.15) is 0 Å². The van der Waals surface area contributed by atoms with Crippen LogP contribution in [0.4, 0.5) is 0 Å². The minimum Gasteiger partial charge on any atom is -0.346 e. The third-order valence-electron chi connectivity index (χ3n) is 3.22. The standard InChI is InChI=1S/C13H23NO/c1-4-5-6-7-8-12-9-13(12)10-14(3)11(2)15/h5-6,12-13H,4,7-10H2,1-3H3/b6-5-. The second kappa shape index (κ2) is 5.94. The highest BCUT2D eigenvalue weighted by Crippen LogP contribution is 2.42. The Balaban J connectivity index is 2.07. The van der Waals surface area contributed by atoms with Gasteiger partial charge in [-0.3, -0.25) is 4.79 Å². The molecule has 0 heterocycles. The lowest BCUT2D eigenvalue weighted by molar-refractivity contribution is -0.127. The van der Waals surface area contributed by atoms with Gasteiger partial charge in [0.25, 0.3) is 0 Å². The van der Waals surface area contributed by atoms with Crippen LogP contribution in [0.5, 0.6) is 0 Å². The third-order valence-corrected chi connectivity index (χ3v) is 3.22. The summed E-state index contributed by atoms with van der Waals surface area (Å²) in [5.74, 6) is 1.83. The van der Waals surface area contributed by atoms with Gasteiger partial charge in [-0.15, -0.1) is 0 Å². The average molecular weight is 209 g/mol. The lowest BCUT2D eigenvalue weighted by Crippen LogP contribution is -2.26. The number of nitrogens with zero attached hydrogens (tertiary/aromatic N) is 1. The maximum Gasteiger partial charge on any atom is 0.219 e. The Morgan fingerprint density at radius 3 is 2.73 bits per heavy atom. The van der Waals surface area contributed by atoms with Crippen molar-refractivity contribution in [2.45, 2.75) is 39.5 Å². The second-order valence-corrected chi connectivity index (χ2v) is 4.61. The van der Waals surface area contributed by atoms with E-state index in [1.165, 1.54) is 19.3 Å². The van der Waals surface area contributed by atoms with Crippen molar-refractivity contribution in [2.75, 3.05) is 13.6 Å². The molecule has 0 aliphatic heterocycles. The summed E-state index contributed by atoms with van der Waals surface area (Å²) in [6, 6.07) is 0. The molecule has 0 radical (unpaired) electrons. The van der Waals surface area contributed by atoms with Crippen LogP contribution in [0.3, 0.4) is 0 Å². The highest BCUT2D eigenvalue weighted by atomic mass is 16.2. The molecule has 0 spiro atoms. The van der Waals surface area contributed by atoms with Crippen LogP contribution in [0, 0.1) is 11.8 Å². The number of carbonyl (C=O) groups is 1. The Morgan fingerprint density at radius 1 is 1.40 bits per heavy atom. The highest BCUT2D eigenvalue weighted by molar-refractivity contribution is 5.72. The van der Waals surface area contributed by atoms with Crippen LogP contribution in [-0.4, -0.2) is 24.4 Å². The minimum atomic E-state index is 0.187. The number of hydrogen-bond acceptors (Lipinski definition) is 1. The van der Waals surface area contributed by atoms with Crippen LogP contribution >= 0.6 is 0 Å². The normalized spacial score (nSPS) is 24.5. The molecule has 1 amide bonds. The van der Waals surface area contributed by atoms with Crippen LogP contribution < -0.4 is 0 Å². The van der Waals surface area contributed by atoms with Crippen molar-refractivity contribution in [1.82, 2.24) is 4.90 Å². The number of carbonyl (C=O) groups excluding carboxylic acids is 1. The molecule has 1 saturated carbocycles. The van der Waals surface area contributed by atoms with Gasteiger partial charge >= 0.3 is 0 Å². The Morgan fingerprint density at radius 2 is 2.13 bits per heavy atom. The molecule has 0 aromatic heterocycles. The van der Waals surface area contributed by atoms with Crippen molar-refractivity contribution in [3.8, 4) is 0 Å². The van der Waals surface area contributed by atoms with E-state index in [9.17, 15) is 4.79 Å². The van der Waals surface area contributed by atoms with Crippen LogP contribution in [0.1, 0.15) is 39.5 Å². The highest BCUT2D eigenvalue weighted by Gasteiger charge is 2.36. The zero-order valence-corrected chi connectivity index (χ0v) is 10.2. The number of hydrogen-bond donors (Lipinski definition) is 0. The maximum atomic E-state index is 11.0. The molecule has 0 N–H and O–H groups in total. The van der Waals surface area contributed by atoms with Crippen molar-refractivity contribution in [3.63, 3.8) is 0 Å². The molecule has 2 atom stereocenters. The van der Waals surface area contributed by atoms with Crippen molar-refractivity contribution in [2.24, 2.45) is 11.8 Å². The average Bonchev–Trinajstić information content (AvgIpc) is 2.91. The van der Waals surface area contributed by atoms with Crippen molar-refractivity contribution in [1.29, 1.82) is 0 Å². The quantitative estimate of drug-likeness (QED) is 0.616. The molecule has 1 fully saturated rings. The first-order valence-corrected chi connectivity index (χ1v) is 6.01. The van der Waals surface area contributed by atoms with E-state index in [0.29, 0.717) is 0 Å². The number of allylic oxidation sites excluding steroid dienone is 2. The second-order valence-electron chi connectivity index (χ2n) is 4.61. The summed E-state index contributed by atoms with van der Waals surface area (Å²) >= 11 is 0. The van der Waals surface area contributed by atoms with Crippen LogP contribution in [0.2, 0.25) is 0 Å². The summed E-state index contributed by atoms with van der Waals surface area (Å²) in [6.45, 7) is 4.76. The number of rotatable bonds is 6. The first-order chi connectivity index (χ1) is 7.15. The summed E-state index contributed by atoms with van der Waals surface area (Å²) in [5, 5.41) is 0. The Kier molecular flexibility index (Phi) is 4.86. The van der Waals surface area contributed by atoms with E-state index in [0.717, 1.165) is 24.8 Å². The molecule has 2 nitrogen and oxygen atoms in total. The fourth-order valence-electron chi connectivity index (χ4n) is 1.96. The topological polar surface area (TPSA) is 20.3 Å². The van der Waals surface area contributed by atoms with Crippen LogP contribution in [0.25, 0.3) is 0 Å². The molecule has 0 bridgehead atoms. The van der Waals surface area contributed by atoms with Crippen LogP contribution in [0.15, 0.2) is 12.2 Å². The van der Waals surface area contributed by atoms with Gasteiger partial charge in [0.2, 0.25) is 5.91 Å². The van der Waals surface area contributed by atoms with Gasteiger partial charge in [-0.25, -0.2) is 0 Å². The first kappa shape index (κ1) is 12.3. The van der Waals surface area contributed by atoms with E-state index in [4.69, 9.17) is 0 Å². The molecule has 1 rings (SSSR count). The van der Waals surface area contributed by atoms with Gasteiger partial charge in [-0.05, 0) is 37.5 Å². The van der Waals surface area contributed by atoms with Crippen LogP contribution in [-0.2, 0) is 4.79 Å². The minimum absolute atomic E-state index is 0.187. The summed E-state index contributed by atoms with van der Waals surface area (Å²) < 4.78 is 0. The zero-order chi connectivity index (χ0) is 11.3. The Hall–Kier alpha value is -0.790. The summed E-state index contributed by atoms with van der Waals surface area (Å²) in [7, 11) is 1.90. The molecule has 0 aromatic rings. The summed E-state index contributed by atoms with van der Waals surface area (Å²) in [6.07, 6.45) is 9.48. The molecular formula is C13H23NO. The van der Waals surface area contributed by atoms with Gasteiger partial charge in [0.05, 0.1) is 0 Å². The van der Waals surface area contributed by atoms with E-state index in [1.807, 2.05) is 11.9 Å². The lowest BCUT2D eigenvalue weighted by Gasteiger charge is -2.13. The van der Waals surface area contributed by atoms with Crippen molar-refractivity contribution >= 4 is 5.91 Å². The summed E-state index contributed by atoms with van der Waals surface area (Å²) in [4.78, 5) is 12.9. The molecule has 2 unspecified atom stereocenters. The molecule has 15 heavy (non-hydrogen) atoms. The molecule has 86 valence electrons. The predicted molar refractivity (Wildman–Crippen MR) is 63.6 cm³/mol. The Bertz CT molecular complexity index is 235. The van der Waals surface area contributed by atoms with E-state index < -0.39 is 0 Å². The van der Waals surface area contributed by atoms with E-state index in [1.54, 1.807) is 6.92 Å². The fourth-order valence-corrected chi connectivity index (χ4v) is 1.96. The van der Waals surface area contributed by atoms with Gasteiger partial charge in [0.15, 0.2) is 0 Å². The lowest BCUT2D eigenvalue weighted by atomic mass is 10.1. The predicted octanol–water partition coefficient (Wildman–Crippen LogP) is 2.85. The van der Waals surface area contributed by atoms with E-state index >= 15 is 0 Å². The van der Waals surface area contributed by atoms with Gasteiger partial charge < -0.3 is 4.90 Å². The molecule has 0 saturated heterocycles. The molecular weight excluding hydrogens is 186 g/mol. The van der Waals surface area contributed by atoms with Gasteiger partial charge in [-0.1, -0.05) is 19.1 Å². The van der Waals surface area contributed by atoms with Crippen molar-refractivity contribution < 1.29 is 4.79 Å². The first-order valence-electron chi connectivity index (χ1n) is 6.01. The number of amides is 1. The molecule has 1 aliphatic carbocycles. The fraction of sp³-hybridized carbons (Fsp3) is 0.769. The summed E-state index contributed by atoms with van der Waals surface area (Å²) in [5.41, 5.74) is 0. The Labute approximate surface area is 93.3 Å². The van der Waals surface area contributed by atoms with Crippen molar-refractivity contribution in [3.05, 3.63) is 12.2 Å². The molecule has 1 aliphatic rings.